The summed E-state index contributed by atoms with van der Waals surface area (Å²) in [5.41, 5.74) is 1.27. The summed E-state index contributed by atoms with van der Waals surface area (Å²) >= 11 is 0. The Morgan fingerprint density at radius 1 is 1.07 bits per heavy atom. The third-order valence-corrected chi connectivity index (χ3v) is 5.69. The molecular weight excluding hydrogens is 368 g/mol. The second-order valence-electron chi connectivity index (χ2n) is 6.15. The maximum Gasteiger partial charge on any atom is 0.261 e. The monoisotopic (exact) mass is 390 g/mol. The fourth-order valence-electron chi connectivity index (χ4n) is 2.76. The largest absolute Gasteiger partial charge is 0.497 e. The highest BCUT2D eigenvalue weighted by Crippen LogP contribution is 2.19. The number of methoxy groups -OCH3 is 1. The molecule has 1 amide bonds. The number of rotatable bonds is 6. The first kappa shape index (κ1) is 19.2. The molecule has 0 unspecified atom stereocenters. The van der Waals surface area contributed by atoms with Gasteiger partial charge in [0.25, 0.3) is 10.0 Å². The van der Waals surface area contributed by atoms with Crippen molar-refractivity contribution in [3.8, 4) is 5.75 Å². The van der Waals surface area contributed by atoms with Crippen LogP contribution in [0, 0.1) is 0 Å². The summed E-state index contributed by atoms with van der Waals surface area (Å²) in [5, 5.41) is 0. The molecule has 0 aromatic heterocycles. The molecule has 1 aliphatic heterocycles. The minimum absolute atomic E-state index is 0.0462. The predicted octanol–water partition coefficient (Wildman–Crippen LogP) is 1.90. The highest BCUT2D eigenvalue weighted by Gasteiger charge is 2.17. The molecule has 2 aromatic rings. The summed E-state index contributed by atoms with van der Waals surface area (Å²) in [6.07, 6.45) is 0.283. The number of carbonyl (C=O) groups is 1. The average Bonchev–Trinajstić information content (AvgIpc) is 2.70. The van der Waals surface area contributed by atoms with Gasteiger partial charge >= 0.3 is 0 Å². The Balaban J connectivity index is 1.63. The Kier molecular flexibility index (Phi) is 5.98. The van der Waals surface area contributed by atoms with Crippen LogP contribution in [0.15, 0.2) is 53.4 Å². The van der Waals surface area contributed by atoms with Gasteiger partial charge in [-0.1, -0.05) is 12.1 Å². The number of hydrogen-bond donors (Lipinski definition) is 1. The molecular formula is C19H22N2O5S. The number of sulfonamides is 1. The fraction of sp³-hybridized carbons (Fsp3) is 0.316. The Bertz CT molecular complexity index is 873. The molecule has 0 radical (unpaired) electrons. The first-order chi connectivity index (χ1) is 13.0. The van der Waals surface area contributed by atoms with E-state index in [0.717, 1.165) is 5.56 Å². The van der Waals surface area contributed by atoms with Gasteiger partial charge in [0.15, 0.2) is 0 Å². The van der Waals surface area contributed by atoms with E-state index in [2.05, 4.69) is 4.72 Å². The van der Waals surface area contributed by atoms with Crippen LogP contribution in [0.4, 0.5) is 5.69 Å². The van der Waals surface area contributed by atoms with Crippen molar-refractivity contribution in [3.63, 3.8) is 0 Å². The third kappa shape index (κ3) is 4.99. The maximum absolute atomic E-state index is 12.4. The lowest BCUT2D eigenvalue weighted by Crippen LogP contribution is -2.41. The summed E-state index contributed by atoms with van der Waals surface area (Å²) in [7, 11) is -2.17. The van der Waals surface area contributed by atoms with E-state index in [1.807, 2.05) is 0 Å². The van der Waals surface area contributed by atoms with E-state index in [4.69, 9.17) is 9.47 Å². The number of carbonyl (C=O) groups excluding carboxylic acids is 1. The minimum Gasteiger partial charge on any atom is -0.497 e. The van der Waals surface area contributed by atoms with Crippen molar-refractivity contribution in [2.45, 2.75) is 11.3 Å². The van der Waals surface area contributed by atoms with Crippen LogP contribution in [-0.4, -0.2) is 52.6 Å². The average molecular weight is 390 g/mol. The molecule has 0 spiro atoms. The molecule has 1 N–H and O–H groups in total. The van der Waals surface area contributed by atoms with Crippen molar-refractivity contribution >= 4 is 21.6 Å². The van der Waals surface area contributed by atoms with Crippen LogP contribution < -0.4 is 9.46 Å². The van der Waals surface area contributed by atoms with Gasteiger partial charge in [0.1, 0.15) is 5.75 Å². The summed E-state index contributed by atoms with van der Waals surface area (Å²) in [5.74, 6) is 0.633. The number of amides is 1. The standard InChI is InChI=1S/C19H22N2O5S/c1-25-17-6-8-18(9-7-17)27(23,24)20-16-4-2-15(3-5-16)14-19(22)21-10-12-26-13-11-21/h2-9,20H,10-14H2,1H3. The van der Waals surface area contributed by atoms with Crippen LogP contribution in [0.5, 0.6) is 5.75 Å². The van der Waals surface area contributed by atoms with Gasteiger partial charge in [0.2, 0.25) is 5.91 Å². The minimum atomic E-state index is -3.69. The normalized spacial score (nSPS) is 14.6. The van der Waals surface area contributed by atoms with Gasteiger partial charge in [-0.05, 0) is 42.0 Å². The Hall–Kier alpha value is -2.58. The third-order valence-electron chi connectivity index (χ3n) is 4.30. The Morgan fingerprint density at radius 3 is 2.30 bits per heavy atom. The predicted molar refractivity (Wildman–Crippen MR) is 101 cm³/mol. The number of nitrogens with zero attached hydrogens (tertiary/aromatic N) is 1. The van der Waals surface area contributed by atoms with Crippen LogP contribution in [0.2, 0.25) is 0 Å². The van der Waals surface area contributed by atoms with Crippen molar-refractivity contribution in [2.75, 3.05) is 38.1 Å². The molecule has 0 saturated carbocycles. The molecule has 0 bridgehead atoms. The van der Waals surface area contributed by atoms with E-state index in [1.54, 1.807) is 41.3 Å². The summed E-state index contributed by atoms with van der Waals surface area (Å²) < 4.78 is 37.7. The molecule has 0 aliphatic carbocycles. The van der Waals surface area contributed by atoms with Gasteiger partial charge in [-0.15, -0.1) is 0 Å². The van der Waals surface area contributed by atoms with Gasteiger partial charge in [0.05, 0.1) is 31.6 Å². The molecule has 1 heterocycles. The van der Waals surface area contributed by atoms with Crippen LogP contribution >= 0.6 is 0 Å². The fourth-order valence-corrected chi connectivity index (χ4v) is 3.82. The molecule has 3 rings (SSSR count). The van der Waals surface area contributed by atoms with Gasteiger partial charge < -0.3 is 14.4 Å². The van der Waals surface area contributed by atoms with Gasteiger partial charge in [-0.2, -0.15) is 0 Å². The van der Waals surface area contributed by atoms with Gasteiger partial charge in [-0.25, -0.2) is 8.42 Å². The van der Waals surface area contributed by atoms with E-state index in [9.17, 15) is 13.2 Å². The van der Waals surface area contributed by atoms with Crippen LogP contribution in [0.25, 0.3) is 0 Å². The highest BCUT2D eigenvalue weighted by atomic mass is 32.2. The topological polar surface area (TPSA) is 84.9 Å². The Labute approximate surface area is 158 Å². The molecule has 1 fully saturated rings. The lowest BCUT2D eigenvalue weighted by Gasteiger charge is -2.26. The highest BCUT2D eigenvalue weighted by molar-refractivity contribution is 7.92. The van der Waals surface area contributed by atoms with E-state index in [1.165, 1.54) is 19.2 Å². The zero-order chi connectivity index (χ0) is 19.3. The summed E-state index contributed by atoms with van der Waals surface area (Å²) in [4.78, 5) is 14.2. The molecule has 8 heteroatoms. The van der Waals surface area contributed by atoms with Crippen molar-refractivity contribution in [2.24, 2.45) is 0 Å². The quantitative estimate of drug-likeness (QED) is 0.814. The molecule has 27 heavy (non-hydrogen) atoms. The smallest absolute Gasteiger partial charge is 0.261 e. The molecule has 0 atom stereocenters. The summed E-state index contributed by atoms with van der Waals surface area (Å²) in [6.45, 7) is 2.35. The van der Waals surface area contributed by atoms with Crippen molar-refractivity contribution in [1.29, 1.82) is 0 Å². The van der Waals surface area contributed by atoms with E-state index < -0.39 is 10.0 Å². The number of hydrogen-bond acceptors (Lipinski definition) is 5. The lowest BCUT2D eigenvalue weighted by atomic mass is 10.1. The SMILES string of the molecule is COc1ccc(S(=O)(=O)Nc2ccc(CC(=O)N3CCOCC3)cc2)cc1. The number of ether oxygens (including phenoxy) is 2. The maximum atomic E-state index is 12.4. The number of nitrogens with one attached hydrogen (secondary N) is 1. The Morgan fingerprint density at radius 2 is 1.70 bits per heavy atom. The molecule has 7 nitrogen and oxygen atoms in total. The zero-order valence-electron chi connectivity index (χ0n) is 15.1. The molecule has 1 aliphatic rings. The second-order valence-corrected chi connectivity index (χ2v) is 7.83. The van der Waals surface area contributed by atoms with E-state index >= 15 is 0 Å². The second kappa shape index (κ2) is 8.41. The molecule has 1 saturated heterocycles. The molecule has 2 aromatic carbocycles. The van der Waals surface area contributed by atoms with Crippen LogP contribution in [0.3, 0.4) is 0 Å². The van der Waals surface area contributed by atoms with E-state index in [-0.39, 0.29) is 17.2 Å². The van der Waals surface area contributed by atoms with E-state index in [0.29, 0.717) is 37.7 Å². The van der Waals surface area contributed by atoms with Gasteiger partial charge in [0, 0.05) is 18.8 Å². The van der Waals surface area contributed by atoms with Crippen LogP contribution in [-0.2, 0) is 26.0 Å². The first-order valence-corrected chi connectivity index (χ1v) is 10.1. The number of anilines is 1. The lowest BCUT2D eigenvalue weighted by molar-refractivity contribution is -0.134. The zero-order valence-corrected chi connectivity index (χ0v) is 15.9. The van der Waals surface area contributed by atoms with Gasteiger partial charge in [-0.3, -0.25) is 9.52 Å². The summed E-state index contributed by atoms with van der Waals surface area (Å²) in [6, 6.07) is 13.0. The molecule has 144 valence electrons. The number of morpholine rings is 1. The number of benzene rings is 2. The van der Waals surface area contributed by atoms with Crippen molar-refractivity contribution in [3.05, 3.63) is 54.1 Å². The first-order valence-electron chi connectivity index (χ1n) is 8.59. The van der Waals surface area contributed by atoms with Crippen LogP contribution in [0.1, 0.15) is 5.56 Å². The van der Waals surface area contributed by atoms with Crippen molar-refractivity contribution in [1.82, 2.24) is 4.90 Å². The van der Waals surface area contributed by atoms with Crippen molar-refractivity contribution < 1.29 is 22.7 Å².